The molecule has 0 saturated heterocycles. The quantitative estimate of drug-likeness (QED) is 0.827. The van der Waals surface area contributed by atoms with Gasteiger partial charge < -0.3 is 10.1 Å². The van der Waals surface area contributed by atoms with Crippen LogP contribution in [0.1, 0.15) is 12.5 Å². The molecule has 1 aromatic heterocycles. The molecule has 1 N–H and O–H groups in total. The minimum atomic E-state index is -0.114. The number of anilines is 1. The zero-order valence-electron chi connectivity index (χ0n) is 11.2. The van der Waals surface area contributed by atoms with Gasteiger partial charge in [0, 0.05) is 6.54 Å². The first-order chi connectivity index (χ1) is 9.71. The second-order valence-electron chi connectivity index (χ2n) is 3.96. The molecule has 1 unspecified atom stereocenters. The van der Waals surface area contributed by atoms with Crippen LogP contribution < -0.4 is 10.1 Å². The third-order valence-corrected chi connectivity index (χ3v) is 4.43. The molecule has 0 saturated carbocycles. The molecule has 104 valence electrons. The lowest BCUT2D eigenvalue weighted by Crippen LogP contribution is -1.98. The maximum Gasteiger partial charge on any atom is 0.206 e. The summed E-state index contributed by atoms with van der Waals surface area (Å²) in [6, 6.07) is 10.0. The van der Waals surface area contributed by atoms with Crippen molar-refractivity contribution in [3.63, 3.8) is 0 Å². The van der Waals surface area contributed by atoms with Crippen molar-refractivity contribution in [1.29, 1.82) is 5.26 Å². The fraction of sp³-hybridized carbons (Fsp3) is 0.308. The Balaban J connectivity index is 1.89. The second kappa shape index (κ2) is 7.12. The number of rotatable bonds is 6. The SMILES string of the molecule is COc1ccc(CNc2nnc(SC(C)C#N)s2)cc1. The number of hydrogen-bond acceptors (Lipinski definition) is 7. The Morgan fingerprint density at radius 2 is 2.15 bits per heavy atom. The summed E-state index contributed by atoms with van der Waals surface area (Å²) in [5.41, 5.74) is 1.14. The highest BCUT2D eigenvalue weighted by molar-refractivity contribution is 8.01. The highest BCUT2D eigenvalue weighted by Crippen LogP contribution is 2.28. The number of thioether (sulfide) groups is 1. The van der Waals surface area contributed by atoms with Crippen LogP contribution in [0, 0.1) is 11.3 Å². The van der Waals surface area contributed by atoms with Gasteiger partial charge in [0.25, 0.3) is 0 Å². The zero-order chi connectivity index (χ0) is 14.4. The van der Waals surface area contributed by atoms with Gasteiger partial charge in [0.05, 0.1) is 18.4 Å². The van der Waals surface area contributed by atoms with Crippen LogP contribution in [-0.2, 0) is 6.54 Å². The predicted molar refractivity (Wildman–Crippen MR) is 81.2 cm³/mol. The Morgan fingerprint density at radius 1 is 1.40 bits per heavy atom. The van der Waals surface area contributed by atoms with Crippen LogP contribution >= 0.6 is 23.1 Å². The molecule has 2 aromatic rings. The highest BCUT2D eigenvalue weighted by Gasteiger charge is 2.08. The second-order valence-corrected chi connectivity index (χ2v) is 6.53. The van der Waals surface area contributed by atoms with E-state index in [2.05, 4.69) is 21.6 Å². The molecule has 0 aliphatic rings. The van der Waals surface area contributed by atoms with E-state index in [1.165, 1.54) is 23.1 Å². The summed E-state index contributed by atoms with van der Waals surface area (Å²) in [7, 11) is 1.65. The van der Waals surface area contributed by atoms with Gasteiger partial charge in [-0.3, -0.25) is 0 Å². The third-order valence-electron chi connectivity index (χ3n) is 2.47. The number of nitriles is 1. The Bertz CT molecular complexity index is 591. The molecule has 2 rings (SSSR count). The van der Waals surface area contributed by atoms with Crippen molar-refractivity contribution in [3.05, 3.63) is 29.8 Å². The molecule has 20 heavy (non-hydrogen) atoms. The first-order valence-electron chi connectivity index (χ1n) is 5.98. The largest absolute Gasteiger partial charge is 0.497 e. The van der Waals surface area contributed by atoms with Gasteiger partial charge in [-0.1, -0.05) is 35.2 Å². The van der Waals surface area contributed by atoms with Crippen LogP contribution in [0.5, 0.6) is 5.75 Å². The van der Waals surface area contributed by atoms with Crippen molar-refractivity contribution < 1.29 is 4.74 Å². The Hall–Kier alpha value is -1.78. The number of aromatic nitrogens is 2. The number of hydrogen-bond donors (Lipinski definition) is 1. The maximum atomic E-state index is 8.76. The van der Waals surface area contributed by atoms with Gasteiger partial charge in [0.15, 0.2) is 4.34 Å². The van der Waals surface area contributed by atoms with E-state index in [-0.39, 0.29) is 5.25 Å². The number of nitrogens with one attached hydrogen (secondary N) is 1. The van der Waals surface area contributed by atoms with Crippen molar-refractivity contribution in [3.8, 4) is 11.8 Å². The number of nitrogens with zero attached hydrogens (tertiary/aromatic N) is 3. The molecule has 0 fully saturated rings. The summed E-state index contributed by atoms with van der Waals surface area (Å²) in [6.07, 6.45) is 0. The first-order valence-corrected chi connectivity index (χ1v) is 7.67. The van der Waals surface area contributed by atoms with E-state index >= 15 is 0 Å². The summed E-state index contributed by atoms with van der Waals surface area (Å²) >= 11 is 2.88. The van der Waals surface area contributed by atoms with Gasteiger partial charge in [0.2, 0.25) is 5.13 Å². The summed E-state index contributed by atoms with van der Waals surface area (Å²) in [6.45, 7) is 2.52. The predicted octanol–water partition coefficient (Wildman–Crippen LogP) is 3.16. The van der Waals surface area contributed by atoms with Gasteiger partial charge in [-0.05, 0) is 24.6 Å². The van der Waals surface area contributed by atoms with Crippen LogP contribution in [0.3, 0.4) is 0 Å². The lowest BCUT2D eigenvalue weighted by Gasteiger charge is -2.03. The average molecular weight is 306 g/mol. The Kier molecular flexibility index (Phi) is 5.21. The van der Waals surface area contributed by atoms with E-state index < -0.39 is 0 Å². The topological polar surface area (TPSA) is 70.8 Å². The molecule has 5 nitrogen and oxygen atoms in total. The Labute approximate surface area is 126 Å². The van der Waals surface area contributed by atoms with Gasteiger partial charge >= 0.3 is 0 Å². The number of benzene rings is 1. The zero-order valence-corrected chi connectivity index (χ0v) is 12.8. The maximum absolute atomic E-state index is 8.76. The summed E-state index contributed by atoms with van der Waals surface area (Å²) in [5, 5.41) is 20.7. The van der Waals surface area contributed by atoms with Crippen molar-refractivity contribution >= 4 is 28.2 Å². The molecule has 0 amide bonds. The average Bonchev–Trinajstić information content (AvgIpc) is 2.93. The molecule has 0 aliphatic carbocycles. The van der Waals surface area contributed by atoms with Crippen LogP contribution in [0.15, 0.2) is 28.6 Å². The van der Waals surface area contributed by atoms with Crippen LogP contribution in [0.4, 0.5) is 5.13 Å². The van der Waals surface area contributed by atoms with E-state index in [1.807, 2.05) is 31.2 Å². The van der Waals surface area contributed by atoms with Gasteiger partial charge in [0.1, 0.15) is 5.75 Å². The molecule has 1 aromatic carbocycles. The van der Waals surface area contributed by atoms with Crippen LogP contribution in [-0.4, -0.2) is 22.6 Å². The molecule has 0 bridgehead atoms. The molecule has 1 atom stereocenters. The Morgan fingerprint density at radius 3 is 2.80 bits per heavy atom. The van der Waals surface area contributed by atoms with E-state index in [0.717, 1.165) is 20.8 Å². The fourth-order valence-electron chi connectivity index (χ4n) is 1.43. The molecular formula is C13H14N4OS2. The molecule has 0 radical (unpaired) electrons. The molecule has 0 spiro atoms. The van der Waals surface area contributed by atoms with E-state index in [1.54, 1.807) is 7.11 Å². The summed E-state index contributed by atoms with van der Waals surface area (Å²) in [4.78, 5) is 0. The van der Waals surface area contributed by atoms with Crippen molar-refractivity contribution in [1.82, 2.24) is 10.2 Å². The molecular weight excluding hydrogens is 292 g/mol. The highest BCUT2D eigenvalue weighted by atomic mass is 32.2. The van der Waals surface area contributed by atoms with Crippen LogP contribution in [0.25, 0.3) is 0 Å². The standard InChI is InChI=1S/C13H14N4OS2/c1-9(7-14)19-13-17-16-12(20-13)15-8-10-3-5-11(18-2)6-4-10/h3-6,9H,8H2,1-2H3,(H,15,16). The lowest BCUT2D eigenvalue weighted by molar-refractivity contribution is 0.414. The number of methoxy groups -OCH3 is 1. The van der Waals surface area contributed by atoms with E-state index in [4.69, 9.17) is 10.00 Å². The van der Waals surface area contributed by atoms with Crippen molar-refractivity contribution in [2.24, 2.45) is 0 Å². The van der Waals surface area contributed by atoms with Crippen molar-refractivity contribution in [2.45, 2.75) is 23.1 Å². The smallest absolute Gasteiger partial charge is 0.206 e. The summed E-state index contributed by atoms with van der Waals surface area (Å²) in [5.74, 6) is 0.842. The normalized spacial score (nSPS) is 11.7. The lowest BCUT2D eigenvalue weighted by atomic mass is 10.2. The number of ether oxygens (including phenoxy) is 1. The van der Waals surface area contributed by atoms with E-state index in [9.17, 15) is 0 Å². The van der Waals surface area contributed by atoms with Crippen molar-refractivity contribution in [2.75, 3.05) is 12.4 Å². The fourth-order valence-corrected chi connectivity index (χ4v) is 3.21. The molecule has 7 heteroatoms. The van der Waals surface area contributed by atoms with E-state index in [0.29, 0.717) is 6.54 Å². The molecule has 0 aliphatic heterocycles. The van der Waals surface area contributed by atoms with Gasteiger partial charge in [-0.25, -0.2) is 0 Å². The minimum absolute atomic E-state index is 0.114. The minimum Gasteiger partial charge on any atom is -0.497 e. The monoisotopic (exact) mass is 306 g/mol. The summed E-state index contributed by atoms with van der Waals surface area (Å²) < 4.78 is 5.92. The first kappa shape index (κ1) is 14.6. The van der Waals surface area contributed by atoms with Gasteiger partial charge in [-0.15, -0.1) is 10.2 Å². The van der Waals surface area contributed by atoms with Gasteiger partial charge in [-0.2, -0.15) is 5.26 Å². The third kappa shape index (κ3) is 4.11. The van der Waals surface area contributed by atoms with Crippen LogP contribution in [0.2, 0.25) is 0 Å². The molecule has 1 heterocycles.